The van der Waals surface area contributed by atoms with Crippen LogP contribution in [-0.4, -0.2) is 66.4 Å². The number of aliphatic hydroxyl groups excluding tert-OH is 2. The van der Waals surface area contributed by atoms with Crippen molar-refractivity contribution >= 4 is 11.9 Å². The molecule has 3 unspecified atom stereocenters. The minimum Gasteiger partial charge on any atom is -0.497 e. The molecule has 1 heterocycles. The Bertz CT molecular complexity index is 635. The molecule has 0 spiro atoms. The molecular formula is C18H25NO8. The van der Waals surface area contributed by atoms with Crippen LogP contribution < -0.4 is 10.1 Å². The van der Waals surface area contributed by atoms with Crippen LogP contribution >= 0.6 is 0 Å². The Balaban J connectivity index is 1.97. The summed E-state index contributed by atoms with van der Waals surface area (Å²) in [7, 11) is 1.58. The van der Waals surface area contributed by atoms with Crippen LogP contribution in [0.1, 0.15) is 19.4 Å². The van der Waals surface area contributed by atoms with E-state index in [1.165, 1.54) is 13.8 Å². The monoisotopic (exact) mass is 383 g/mol. The fraction of sp³-hybridized carbons (Fsp3) is 0.556. The molecule has 0 aromatic heterocycles. The number of carbonyl (C=O) groups excluding carboxylic acids is 2. The minimum atomic E-state index is -1.46. The number of aliphatic hydroxyl groups is 2. The number of methoxy groups -OCH3 is 1. The molecule has 9 heteroatoms. The van der Waals surface area contributed by atoms with Crippen LogP contribution in [0.5, 0.6) is 5.75 Å². The second-order valence-corrected chi connectivity index (χ2v) is 6.22. The number of rotatable bonds is 7. The first-order valence-corrected chi connectivity index (χ1v) is 8.48. The molecule has 27 heavy (non-hydrogen) atoms. The van der Waals surface area contributed by atoms with Gasteiger partial charge in [-0.3, -0.25) is 9.59 Å². The smallest absolute Gasteiger partial charge is 0.303 e. The first kappa shape index (κ1) is 21.1. The molecular weight excluding hydrogens is 358 g/mol. The third-order valence-electron chi connectivity index (χ3n) is 4.07. The van der Waals surface area contributed by atoms with Gasteiger partial charge in [0.1, 0.15) is 24.0 Å². The second-order valence-electron chi connectivity index (χ2n) is 6.22. The third kappa shape index (κ3) is 5.90. The topological polar surface area (TPSA) is 124 Å². The maximum Gasteiger partial charge on any atom is 0.303 e. The Morgan fingerprint density at radius 1 is 1.19 bits per heavy atom. The van der Waals surface area contributed by atoms with Gasteiger partial charge >= 0.3 is 5.97 Å². The summed E-state index contributed by atoms with van der Waals surface area (Å²) in [6, 6.07) is 6.17. The van der Waals surface area contributed by atoms with Gasteiger partial charge in [0.05, 0.1) is 20.3 Å². The van der Waals surface area contributed by atoms with Gasteiger partial charge < -0.3 is 34.5 Å². The minimum absolute atomic E-state index is 0.0468. The summed E-state index contributed by atoms with van der Waals surface area (Å²) in [5.74, 6) is -0.385. The van der Waals surface area contributed by atoms with Crippen molar-refractivity contribution in [3.05, 3.63) is 29.8 Å². The summed E-state index contributed by atoms with van der Waals surface area (Å²) < 4.78 is 21.1. The van der Waals surface area contributed by atoms with Crippen molar-refractivity contribution in [3.63, 3.8) is 0 Å². The standard InChI is InChI=1S/C18H25NO8/c1-10(20)19-15-17(26-11(2)21)16(22)14(27-18(15)23)9-25-8-12-4-6-13(24-3)7-5-12/h4-7,14-18,22-23H,8-9H2,1-3H3,(H,19,20)/t14?,15?,16-,17?,18-/m1/s1. The SMILES string of the molecule is COc1ccc(COCC2O[C@@H](O)C(NC(C)=O)C(OC(C)=O)[C@@H]2O)cc1. The van der Waals surface area contributed by atoms with Crippen molar-refractivity contribution in [1.82, 2.24) is 5.32 Å². The van der Waals surface area contributed by atoms with Crippen LogP contribution in [0.4, 0.5) is 0 Å². The summed E-state index contributed by atoms with van der Waals surface area (Å²) in [4.78, 5) is 22.7. The molecule has 1 fully saturated rings. The third-order valence-corrected chi connectivity index (χ3v) is 4.07. The predicted molar refractivity (Wildman–Crippen MR) is 92.7 cm³/mol. The van der Waals surface area contributed by atoms with Crippen LogP contribution in [0.25, 0.3) is 0 Å². The van der Waals surface area contributed by atoms with E-state index >= 15 is 0 Å². The van der Waals surface area contributed by atoms with Crippen LogP contribution in [0.15, 0.2) is 24.3 Å². The summed E-state index contributed by atoms with van der Waals surface area (Å²) >= 11 is 0. The van der Waals surface area contributed by atoms with Crippen LogP contribution in [0.2, 0.25) is 0 Å². The maximum atomic E-state index is 11.3. The largest absolute Gasteiger partial charge is 0.497 e. The van der Waals surface area contributed by atoms with Gasteiger partial charge in [0.25, 0.3) is 0 Å². The number of benzene rings is 1. The lowest BCUT2D eigenvalue weighted by atomic mass is 9.96. The number of hydrogen-bond acceptors (Lipinski definition) is 8. The van der Waals surface area contributed by atoms with E-state index in [2.05, 4.69) is 5.32 Å². The molecule has 1 aromatic carbocycles. The highest BCUT2D eigenvalue weighted by Crippen LogP contribution is 2.23. The Morgan fingerprint density at radius 2 is 1.85 bits per heavy atom. The van der Waals surface area contributed by atoms with Gasteiger partial charge in [0.2, 0.25) is 5.91 Å². The molecule has 1 saturated heterocycles. The van der Waals surface area contributed by atoms with Crippen LogP contribution in [0.3, 0.4) is 0 Å². The number of nitrogens with one attached hydrogen (secondary N) is 1. The maximum absolute atomic E-state index is 11.3. The highest BCUT2D eigenvalue weighted by Gasteiger charge is 2.47. The zero-order chi connectivity index (χ0) is 20.0. The van der Waals surface area contributed by atoms with Crippen molar-refractivity contribution in [3.8, 4) is 5.75 Å². The molecule has 0 radical (unpaired) electrons. The lowest BCUT2D eigenvalue weighted by molar-refractivity contribution is -0.261. The van der Waals surface area contributed by atoms with Crippen LogP contribution in [0, 0.1) is 0 Å². The first-order valence-electron chi connectivity index (χ1n) is 8.48. The van der Waals surface area contributed by atoms with E-state index in [-0.39, 0.29) is 13.2 Å². The summed E-state index contributed by atoms with van der Waals surface area (Å²) in [6.07, 6.45) is -4.85. The quantitative estimate of drug-likeness (QED) is 0.550. The molecule has 0 saturated carbocycles. The van der Waals surface area contributed by atoms with Crippen molar-refractivity contribution < 1.29 is 38.7 Å². The van der Waals surface area contributed by atoms with E-state index in [9.17, 15) is 19.8 Å². The Kier molecular flexibility index (Phi) is 7.55. The lowest BCUT2D eigenvalue weighted by Crippen LogP contribution is -2.65. The lowest BCUT2D eigenvalue weighted by Gasteiger charge is -2.42. The zero-order valence-corrected chi connectivity index (χ0v) is 15.5. The second kappa shape index (κ2) is 9.65. The number of amides is 1. The predicted octanol–water partition coefficient (Wildman–Crippen LogP) is -0.274. The van der Waals surface area contributed by atoms with E-state index in [1.54, 1.807) is 19.2 Å². The summed E-state index contributed by atoms with van der Waals surface area (Å²) in [5.41, 5.74) is 0.884. The average molecular weight is 383 g/mol. The zero-order valence-electron chi connectivity index (χ0n) is 15.5. The molecule has 0 bridgehead atoms. The van der Waals surface area contributed by atoms with Crippen molar-refractivity contribution in [1.29, 1.82) is 0 Å². The summed E-state index contributed by atoms with van der Waals surface area (Å²) in [5, 5.41) is 23.1. The van der Waals surface area contributed by atoms with E-state index < -0.39 is 42.5 Å². The van der Waals surface area contributed by atoms with Crippen molar-refractivity contribution in [2.75, 3.05) is 13.7 Å². The highest BCUT2D eigenvalue weighted by molar-refractivity contribution is 5.73. The van der Waals surface area contributed by atoms with Gasteiger partial charge in [-0.15, -0.1) is 0 Å². The number of carbonyl (C=O) groups is 2. The van der Waals surface area contributed by atoms with Gasteiger partial charge in [-0.05, 0) is 17.7 Å². The fourth-order valence-electron chi connectivity index (χ4n) is 2.81. The normalized spacial score (nSPS) is 27.7. The van der Waals surface area contributed by atoms with Gasteiger partial charge in [0.15, 0.2) is 12.4 Å². The first-order chi connectivity index (χ1) is 12.8. The molecule has 1 amide bonds. The molecule has 2 rings (SSSR count). The average Bonchev–Trinajstić information content (AvgIpc) is 2.62. The van der Waals surface area contributed by atoms with Gasteiger partial charge in [-0.2, -0.15) is 0 Å². The number of ether oxygens (including phenoxy) is 4. The Labute approximate surface area is 157 Å². The molecule has 1 aliphatic rings. The molecule has 9 nitrogen and oxygen atoms in total. The number of esters is 1. The molecule has 1 aliphatic heterocycles. The van der Waals surface area contributed by atoms with Crippen LogP contribution in [-0.2, 0) is 30.4 Å². The van der Waals surface area contributed by atoms with Gasteiger partial charge in [0, 0.05) is 13.8 Å². The number of hydrogen-bond donors (Lipinski definition) is 3. The van der Waals surface area contributed by atoms with Crippen molar-refractivity contribution in [2.45, 2.75) is 51.1 Å². The van der Waals surface area contributed by atoms with E-state index in [1.807, 2.05) is 12.1 Å². The van der Waals surface area contributed by atoms with Gasteiger partial charge in [-0.25, -0.2) is 0 Å². The fourth-order valence-corrected chi connectivity index (χ4v) is 2.81. The summed E-state index contributed by atoms with van der Waals surface area (Å²) in [6.45, 7) is 2.62. The molecule has 5 atom stereocenters. The molecule has 150 valence electrons. The Morgan fingerprint density at radius 3 is 2.41 bits per heavy atom. The van der Waals surface area contributed by atoms with E-state index in [0.717, 1.165) is 11.3 Å². The van der Waals surface area contributed by atoms with E-state index in [4.69, 9.17) is 18.9 Å². The van der Waals surface area contributed by atoms with Gasteiger partial charge in [-0.1, -0.05) is 12.1 Å². The molecule has 0 aliphatic carbocycles. The molecule has 1 aromatic rings. The molecule has 3 N–H and O–H groups in total. The van der Waals surface area contributed by atoms with E-state index in [0.29, 0.717) is 0 Å². The van der Waals surface area contributed by atoms with Crippen molar-refractivity contribution in [2.24, 2.45) is 0 Å². The Hall–Kier alpha value is -2.20. The highest BCUT2D eigenvalue weighted by atomic mass is 16.6.